The van der Waals surface area contributed by atoms with Crippen molar-refractivity contribution in [3.05, 3.63) is 30.1 Å². The largest absolute Gasteiger partial charge is 0.481 e. The molecule has 0 fully saturated rings. The summed E-state index contributed by atoms with van der Waals surface area (Å²) >= 11 is 0. The number of hydrogen-bond donors (Lipinski definition) is 2. The van der Waals surface area contributed by atoms with Gasteiger partial charge in [0.2, 0.25) is 0 Å². The third-order valence-corrected chi connectivity index (χ3v) is 2.15. The van der Waals surface area contributed by atoms with Crippen LogP contribution in [0.15, 0.2) is 24.3 Å². The molecule has 4 nitrogen and oxygen atoms in total. The highest BCUT2D eigenvalue weighted by Gasteiger charge is 2.05. The zero-order valence-corrected chi connectivity index (χ0v) is 10.8. The van der Waals surface area contributed by atoms with Crippen LogP contribution in [-0.4, -0.2) is 25.6 Å². The van der Waals surface area contributed by atoms with Gasteiger partial charge in [0.25, 0.3) is 5.91 Å². The molecule has 1 amide bonds. The topological polar surface area (TPSA) is 64.3 Å². The fourth-order valence-corrected chi connectivity index (χ4v) is 1.25. The fraction of sp³-hybridized carbons (Fsp3) is 0.417. The lowest BCUT2D eigenvalue weighted by Gasteiger charge is -2.07. The number of amides is 1. The summed E-state index contributed by atoms with van der Waals surface area (Å²) in [6.45, 7) is 1.00. The van der Waals surface area contributed by atoms with Crippen LogP contribution in [0.5, 0.6) is 5.75 Å². The first-order valence-corrected chi connectivity index (χ1v) is 5.58. The van der Waals surface area contributed by atoms with Crippen molar-refractivity contribution in [2.45, 2.75) is 12.8 Å². The molecule has 0 aliphatic rings. The first-order chi connectivity index (χ1) is 8.24. The van der Waals surface area contributed by atoms with Crippen LogP contribution in [0.4, 0.5) is 4.39 Å². The van der Waals surface area contributed by atoms with Gasteiger partial charge in [-0.15, -0.1) is 12.4 Å². The summed E-state index contributed by atoms with van der Waals surface area (Å²) in [5.41, 5.74) is 5.32. The van der Waals surface area contributed by atoms with Gasteiger partial charge in [-0.1, -0.05) is 12.1 Å². The minimum atomic E-state index is -0.469. The molecule has 0 saturated carbocycles. The van der Waals surface area contributed by atoms with E-state index in [0.717, 1.165) is 12.8 Å². The number of rotatable bonds is 7. The van der Waals surface area contributed by atoms with Gasteiger partial charge < -0.3 is 15.8 Å². The SMILES string of the molecule is Cl.NCCCCNC(=O)COc1ccccc1F. The molecule has 18 heavy (non-hydrogen) atoms. The average molecular weight is 277 g/mol. The third-order valence-electron chi connectivity index (χ3n) is 2.15. The highest BCUT2D eigenvalue weighted by Crippen LogP contribution is 2.14. The highest BCUT2D eigenvalue weighted by molar-refractivity contribution is 5.85. The molecule has 6 heteroatoms. The van der Waals surface area contributed by atoms with Crippen molar-refractivity contribution in [1.82, 2.24) is 5.32 Å². The molecule has 3 N–H and O–H groups in total. The van der Waals surface area contributed by atoms with Gasteiger partial charge in [0.15, 0.2) is 18.2 Å². The van der Waals surface area contributed by atoms with Gasteiger partial charge >= 0.3 is 0 Å². The summed E-state index contributed by atoms with van der Waals surface area (Å²) in [4.78, 5) is 11.3. The van der Waals surface area contributed by atoms with E-state index < -0.39 is 5.82 Å². The van der Waals surface area contributed by atoms with E-state index in [9.17, 15) is 9.18 Å². The molecule has 0 radical (unpaired) electrons. The highest BCUT2D eigenvalue weighted by atomic mass is 35.5. The summed E-state index contributed by atoms with van der Waals surface area (Å²) in [7, 11) is 0. The van der Waals surface area contributed by atoms with Gasteiger partial charge in [-0.3, -0.25) is 4.79 Å². The maximum absolute atomic E-state index is 13.1. The molecule has 0 atom stereocenters. The van der Waals surface area contributed by atoms with Gasteiger partial charge in [-0.2, -0.15) is 0 Å². The van der Waals surface area contributed by atoms with Crippen LogP contribution >= 0.6 is 12.4 Å². The van der Waals surface area contributed by atoms with Gasteiger partial charge in [-0.05, 0) is 31.5 Å². The molecular formula is C12H18ClFN2O2. The van der Waals surface area contributed by atoms with E-state index in [-0.39, 0.29) is 30.7 Å². The second kappa shape index (κ2) is 9.67. The van der Waals surface area contributed by atoms with Crippen molar-refractivity contribution in [3.8, 4) is 5.75 Å². The summed E-state index contributed by atoms with van der Waals surface area (Å²) in [5, 5.41) is 2.67. The standard InChI is InChI=1S/C12H17FN2O2.ClH/c13-10-5-1-2-6-11(10)17-9-12(16)15-8-4-3-7-14;/h1-2,5-6H,3-4,7-9,14H2,(H,15,16);1H. The van der Waals surface area contributed by atoms with Crippen LogP contribution in [0, 0.1) is 5.82 Å². The van der Waals surface area contributed by atoms with Gasteiger partial charge in [-0.25, -0.2) is 4.39 Å². The maximum Gasteiger partial charge on any atom is 0.257 e. The molecule has 1 rings (SSSR count). The Hall–Kier alpha value is -1.33. The Morgan fingerprint density at radius 3 is 2.72 bits per heavy atom. The molecule has 0 saturated heterocycles. The number of unbranched alkanes of at least 4 members (excludes halogenated alkanes) is 1. The van der Waals surface area contributed by atoms with E-state index in [1.54, 1.807) is 12.1 Å². The van der Waals surface area contributed by atoms with Crippen LogP contribution < -0.4 is 15.8 Å². The van der Waals surface area contributed by atoms with E-state index in [4.69, 9.17) is 10.5 Å². The number of hydrogen-bond acceptors (Lipinski definition) is 3. The summed E-state index contributed by atoms with van der Waals surface area (Å²) < 4.78 is 18.2. The number of ether oxygens (including phenoxy) is 1. The minimum Gasteiger partial charge on any atom is -0.481 e. The molecule has 0 spiro atoms. The number of benzene rings is 1. The van der Waals surface area contributed by atoms with Crippen LogP contribution in [0.3, 0.4) is 0 Å². The first-order valence-electron chi connectivity index (χ1n) is 5.58. The van der Waals surface area contributed by atoms with Crippen molar-refractivity contribution in [1.29, 1.82) is 0 Å². The van der Waals surface area contributed by atoms with E-state index in [0.29, 0.717) is 13.1 Å². The number of nitrogens with two attached hydrogens (primary N) is 1. The van der Waals surface area contributed by atoms with Crippen LogP contribution in [0.1, 0.15) is 12.8 Å². The third kappa shape index (κ3) is 6.42. The summed E-state index contributed by atoms with van der Waals surface area (Å²) in [6.07, 6.45) is 1.70. The molecule has 0 heterocycles. The summed E-state index contributed by atoms with van der Waals surface area (Å²) in [5.74, 6) is -0.640. The van der Waals surface area contributed by atoms with Gasteiger partial charge in [0.1, 0.15) is 0 Å². The molecule has 1 aromatic carbocycles. The number of nitrogens with one attached hydrogen (secondary N) is 1. The maximum atomic E-state index is 13.1. The normalized spacial score (nSPS) is 9.44. The number of para-hydroxylation sites is 1. The Morgan fingerprint density at radius 1 is 1.33 bits per heavy atom. The van der Waals surface area contributed by atoms with Crippen LogP contribution in [-0.2, 0) is 4.79 Å². The van der Waals surface area contributed by atoms with Gasteiger partial charge in [0, 0.05) is 6.54 Å². The van der Waals surface area contributed by atoms with E-state index in [2.05, 4.69) is 5.32 Å². The second-order valence-corrected chi connectivity index (χ2v) is 3.56. The Labute approximate surface area is 112 Å². The average Bonchev–Trinajstić information content (AvgIpc) is 2.34. The van der Waals surface area contributed by atoms with Crippen LogP contribution in [0.25, 0.3) is 0 Å². The van der Waals surface area contributed by atoms with Crippen molar-refractivity contribution in [2.24, 2.45) is 5.73 Å². The second-order valence-electron chi connectivity index (χ2n) is 3.56. The Balaban J connectivity index is 0.00000289. The van der Waals surface area contributed by atoms with Crippen molar-refractivity contribution >= 4 is 18.3 Å². The number of carbonyl (C=O) groups excluding carboxylic acids is 1. The monoisotopic (exact) mass is 276 g/mol. The lowest BCUT2D eigenvalue weighted by atomic mass is 10.3. The molecular weight excluding hydrogens is 259 g/mol. The fourth-order valence-electron chi connectivity index (χ4n) is 1.25. The Morgan fingerprint density at radius 2 is 2.06 bits per heavy atom. The number of halogens is 2. The predicted octanol–water partition coefficient (Wildman–Crippen LogP) is 1.48. The molecule has 0 unspecified atom stereocenters. The zero-order chi connectivity index (χ0) is 12.5. The summed E-state index contributed by atoms with van der Waals surface area (Å²) in [6, 6.07) is 5.98. The van der Waals surface area contributed by atoms with Crippen molar-refractivity contribution in [3.63, 3.8) is 0 Å². The van der Waals surface area contributed by atoms with E-state index >= 15 is 0 Å². The van der Waals surface area contributed by atoms with Crippen LogP contribution in [0.2, 0.25) is 0 Å². The molecule has 0 aliphatic heterocycles. The lowest BCUT2D eigenvalue weighted by molar-refractivity contribution is -0.123. The quantitative estimate of drug-likeness (QED) is 0.742. The molecule has 102 valence electrons. The Bertz CT molecular complexity index is 364. The Kier molecular flexibility index (Phi) is 8.96. The van der Waals surface area contributed by atoms with Crippen molar-refractivity contribution in [2.75, 3.05) is 19.7 Å². The molecule has 0 bridgehead atoms. The number of carbonyl (C=O) groups is 1. The molecule has 0 aromatic heterocycles. The zero-order valence-electron chi connectivity index (χ0n) is 10.0. The molecule has 0 aliphatic carbocycles. The predicted molar refractivity (Wildman–Crippen MR) is 70.4 cm³/mol. The first kappa shape index (κ1) is 16.7. The van der Waals surface area contributed by atoms with E-state index in [1.165, 1.54) is 12.1 Å². The minimum absolute atomic E-state index is 0. The van der Waals surface area contributed by atoms with E-state index in [1.807, 2.05) is 0 Å². The van der Waals surface area contributed by atoms with Gasteiger partial charge in [0.05, 0.1) is 0 Å². The van der Waals surface area contributed by atoms with Crippen molar-refractivity contribution < 1.29 is 13.9 Å². The lowest BCUT2D eigenvalue weighted by Crippen LogP contribution is -2.30. The smallest absolute Gasteiger partial charge is 0.257 e. The molecule has 1 aromatic rings.